The molecular weight excluding hydrogens is 384 g/mol. The van der Waals surface area contributed by atoms with E-state index in [-0.39, 0.29) is 11.3 Å². The number of rotatable bonds is 5. The molecule has 3 aromatic rings. The zero-order chi connectivity index (χ0) is 21.8. The molecule has 1 unspecified atom stereocenters. The lowest BCUT2D eigenvalue weighted by Gasteiger charge is -2.34. The van der Waals surface area contributed by atoms with Crippen molar-refractivity contribution < 1.29 is 9.53 Å². The van der Waals surface area contributed by atoms with Crippen LogP contribution in [0, 0.1) is 11.3 Å². The predicted octanol–water partition coefficient (Wildman–Crippen LogP) is 6.35. The fourth-order valence-corrected chi connectivity index (χ4v) is 4.57. The third-order valence-electron chi connectivity index (χ3n) is 5.83. The van der Waals surface area contributed by atoms with Gasteiger partial charge in [-0.1, -0.05) is 63.2 Å². The van der Waals surface area contributed by atoms with Crippen LogP contribution in [0.2, 0.25) is 0 Å². The van der Waals surface area contributed by atoms with Crippen molar-refractivity contribution >= 4 is 22.4 Å². The number of hydrazone groups is 1. The van der Waals surface area contributed by atoms with E-state index in [0.717, 1.165) is 35.3 Å². The first-order valence-corrected chi connectivity index (χ1v) is 10.9. The van der Waals surface area contributed by atoms with E-state index in [1.807, 2.05) is 48.5 Å². The summed E-state index contributed by atoms with van der Waals surface area (Å²) in [5, 5.41) is 6.77. The zero-order valence-electron chi connectivity index (χ0n) is 18.5. The second kappa shape index (κ2) is 8.93. The Labute approximate surface area is 184 Å². The van der Waals surface area contributed by atoms with E-state index < -0.39 is 0 Å². The molecule has 0 saturated heterocycles. The Morgan fingerprint density at radius 3 is 2.55 bits per heavy atom. The highest BCUT2D eigenvalue weighted by atomic mass is 16.5. The SMILES string of the molecule is CC1CC(=NNC(=O)c2ccc(COc3ccc4ccccc4c3)cc2)CC(C)(C)C1. The molecule has 1 fully saturated rings. The van der Waals surface area contributed by atoms with Crippen molar-refractivity contribution in [1.29, 1.82) is 0 Å². The monoisotopic (exact) mass is 414 g/mol. The molecule has 31 heavy (non-hydrogen) atoms. The number of hydrogen-bond acceptors (Lipinski definition) is 3. The van der Waals surface area contributed by atoms with Gasteiger partial charge < -0.3 is 4.74 Å². The zero-order valence-corrected chi connectivity index (χ0v) is 18.5. The van der Waals surface area contributed by atoms with Crippen LogP contribution in [-0.2, 0) is 6.61 Å². The van der Waals surface area contributed by atoms with Gasteiger partial charge in [-0.2, -0.15) is 5.10 Å². The second-order valence-electron chi connectivity index (χ2n) is 9.47. The highest BCUT2D eigenvalue weighted by Gasteiger charge is 2.29. The molecule has 1 saturated carbocycles. The van der Waals surface area contributed by atoms with Crippen molar-refractivity contribution in [2.24, 2.45) is 16.4 Å². The quantitative estimate of drug-likeness (QED) is 0.495. The number of carbonyl (C=O) groups is 1. The van der Waals surface area contributed by atoms with E-state index >= 15 is 0 Å². The summed E-state index contributed by atoms with van der Waals surface area (Å²) < 4.78 is 5.93. The van der Waals surface area contributed by atoms with Crippen molar-refractivity contribution in [1.82, 2.24) is 5.43 Å². The lowest BCUT2D eigenvalue weighted by atomic mass is 9.72. The van der Waals surface area contributed by atoms with Crippen molar-refractivity contribution in [2.45, 2.75) is 46.6 Å². The molecule has 0 radical (unpaired) electrons. The predicted molar refractivity (Wildman–Crippen MR) is 126 cm³/mol. The molecule has 1 N–H and O–H groups in total. The number of amides is 1. The highest BCUT2D eigenvalue weighted by Crippen LogP contribution is 2.36. The van der Waals surface area contributed by atoms with E-state index in [0.29, 0.717) is 18.1 Å². The molecule has 4 rings (SSSR count). The van der Waals surface area contributed by atoms with Crippen molar-refractivity contribution in [2.75, 3.05) is 0 Å². The molecule has 4 nitrogen and oxygen atoms in total. The fourth-order valence-electron chi connectivity index (χ4n) is 4.57. The van der Waals surface area contributed by atoms with Crippen LogP contribution in [0.4, 0.5) is 0 Å². The minimum atomic E-state index is -0.175. The van der Waals surface area contributed by atoms with Crippen molar-refractivity contribution in [3.8, 4) is 5.75 Å². The first kappa shape index (κ1) is 21.1. The first-order valence-electron chi connectivity index (χ1n) is 10.9. The smallest absolute Gasteiger partial charge is 0.271 e. The summed E-state index contributed by atoms with van der Waals surface area (Å²) in [4.78, 5) is 12.5. The summed E-state index contributed by atoms with van der Waals surface area (Å²) >= 11 is 0. The molecule has 0 aromatic heterocycles. The van der Waals surface area contributed by atoms with Gasteiger partial charge in [-0.05, 0) is 71.2 Å². The van der Waals surface area contributed by atoms with Gasteiger partial charge >= 0.3 is 0 Å². The Morgan fingerprint density at radius 1 is 1.06 bits per heavy atom. The maximum Gasteiger partial charge on any atom is 0.271 e. The third-order valence-corrected chi connectivity index (χ3v) is 5.83. The van der Waals surface area contributed by atoms with Gasteiger partial charge in [-0.15, -0.1) is 0 Å². The molecule has 0 spiro atoms. The molecule has 1 aliphatic carbocycles. The van der Waals surface area contributed by atoms with Crippen LogP contribution < -0.4 is 10.2 Å². The topological polar surface area (TPSA) is 50.7 Å². The van der Waals surface area contributed by atoms with Crippen LogP contribution in [0.3, 0.4) is 0 Å². The molecular formula is C27H30N2O2. The van der Waals surface area contributed by atoms with Crippen LogP contribution in [-0.4, -0.2) is 11.6 Å². The van der Waals surface area contributed by atoms with Gasteiger partial charge in [0.15, 0.2) is 0 Å². The van der Waals surface area contributed by atoms with Crippen LogP contribution in [0.25, 0.3) is 10.8 Å². The van der Waals surface area contributed by atoms with Gasteiger partial charge in [0.05, 0.1) is 0 Å². The standard InChI is InChI=1S/C27H30N2O2/c1-19-14-24(17-27(2,3)16-19)28-29-26(30)22-10-8-20(9-11-22)18-31-25-13-12-21-6-4-5-7-23(21)15-25/h4-13,15,19H,14,16-18H2,1-3H3,(H,29,30). The maximum absolute atomic E-state index is 12.5. The molecule has 1 amide bonds. The maximum atomic E-state index is 12.5. The third kappa shape index (κ3) is 5.52. The summed E-state index contributed by atoms with van der Waals surface area (Å²) in [6.45, 7) is 7.23. The lowest BCUT2D eigenvalue weighted by molar-refractivity contribution is 0.0954. The van der Waals surface area contributed by atoms with Crippen LogP contribution >= 0.6 is 0 Å². The van der Waals surface area contributed by atoms with Gasteiger partial charge in [-0.3, -0.25) is 4.79 Å². The van der Waals surface area contributed by atoms with Gasteiger partial charge in [0, 0.05) is 11.3 Å². The largest absolute Gasteiger partial charge is 0.489 e. The number of nitrogens with one attached hydrogen (secondary N) is 1. The fraction of sp³-hybridized carbons (Fsp3) is 0.333. The minimum absolute atomic E-state index is 0.175. The Morgan fingerprint density at radius 2 is 1.81 bits per heavy atom. The number of nitrogens with zero attached hydrogens (tertiary/aromatic N) is 1. The number of carbonyl (C=O) groups excluding carboxylic acids is 1. The molecule has 0 heterocycles. The second-order valence-corrected chi connectivity index (χ2v) is 9.47. The molecule has 1 atom stereocenters. The number of fused-ring (bicyclic) bond motifs is 1. The molecule has 1 aliphatic rings. The number of ether oxygens (including phenoxy) is 1. The summed E-state index contributed by atoms with van der Waals surface area (Å²) in [5.41, 5.74) is 5.68. The first-order chi connectivity index (χ1) is 14.9. The van der Waals surface area contributed by atoms with Gasteiger partial charge in [-0.25, -0.2) is 5.43 Å². The molecule has 0 aliphatic heterocycles. The van der Waals surface area contributed by atoms with Crippen molar-refractivity contribution in [3.63, 3.8) is 0 Å². The van der Waals surface area contributed by atoms with Crippen LogP contribution in [0.15, 0.2) is 71.8 Å². The van der Waals surface area contributed by atoms with Crippen LogP contribution in [0.5, 0.6) is 5.75 Å². The van der Waals surface area contributed by atoms with E-state index in [4.69, 9.17) is 4.74 Å². The normalized spacial score (nSPS) is 19.3. The summed E-state index contributed by atoms with van der Waals surface area (Å²) in [6.07, 6.45) is 3.08. The Kier molecular flexibility index (Phi) is 6.08. The molecule has 3 aromatic carbocycles. The van der Waals surface area contributed by atoms with E-state index in [9.17, 15) is 4.79 Å². The number of benzene rings is 3. The Balaban J connectivity index is 1.34. The molecule has 0 bridgehead atoms. The molecule has 160 valence electrons. The number of hydrogen-bond donors (Lipinski definition) is 1. The van der Waals surface area contributed by atoms with Gasteiger partial charge in [0.2, 0.25) is 0 Å². The Bertz CT molecular complexity index is 1100. The average molecular weight is 415 g/mol. The summed E-state index contributed by atoms with van der Waals surface area (Å²) in [5.74, 6) is 1.26. The van der Waals surface area contributed by atoms with E-state index in [1.54, 1.807) is 0 Å². The van der Waals surface area contributed by atoms with E-state index in [1.165, 1.54) is 11.8 Å². The van der Waals surface area contributed by atoms with E-state index in [2.05, 4.69) is 49.5 Å². The summed E-state index contributed by atoms with van der Waals surface area (Å²) in [7, 11) is 0. The molecule has 4 heteroatoms. The minimum Gasteiger partial charge on any atom is -0.489 e. The highest BCUT2D eigenvalue weighted by molar-refractivity contribution is 5.95. The Hall–Kier alpha value is -3.14. The lowest BCUT2D eigenvalue weighted by Crippen LogP contribution is -2.30. The van der Waals surface area contributed by atoms with Gasteiger partial charge in [0.1, 0.15) is 12.4 Å². The van der Waals surface area contributed by atoms with Crippen LogP contribution in [0.1, 0.15) is 56.0 Å². The summed E-state index contributed by atoms with van der Waals surface area (Å²) in [6, 6.07) is 21.8. The van der Waals surface area contributed by atoms with Crippen molar-refractivity contribution in [3.05, 3.63) is 77.9 Å². The van der Waals surface area contributed by atoms with Gasteiger partial charge in [0.25, 0.3) is 5.91 Å². The average Bonchev–Trinajstić information content (AvgIpc) is 2.75.